The smallest absolute Gasteiger partial charge is 0.328 e. The van der Waals surface area contributed by atoms with Crippen molar-refractivity contribution < 1.29 is 0 Å². The van der Waals surface area contributed by atoms with Crippen LogP contribution in [0.1, 0.15) is 53.9 Å². The highest BCUT2D eigenvalue weighted by atomic mass is 16.1. The van der Waals surface area contributed by atoms with Gasteiger partial charge in [0.1, 0.15) is 6.17 Å². The van der Waals surface area contributed by atoms with Crippen LogP contribution in [0.4, 0.5) is 0 Å². The van der Waals surface area contributed by atoms with Gasteiger partial charge < -0.3 is 5.32 Å². The molecular formula is C46H40N4O. The molecule has 250 valence electrons. The van der Waals surface area contributed by atoms with Gasteiger partial charge in [-0.3, -0.25) is 14.5 Å². The van der Waals surface area contributed by atoms with Gasteiger partial charge in [-0.15, -0.1) is 0 Å². The summed E-state index contributed by atoms with van der Waals surface area (Å²) in [4.78, 5) is 12.5. The summed E-state index contributed by atoms with van der Waals surface area (Å²) in [5.41, 5.74) is 16.5. The molecule has 2 unspecified atom stereocenters. The number of fused-ring (bicyclic) bond motifs is 4. The van der Waals surface area contributed by atoms with Crippen LogP contribution in [0.15, 0.2) is 150 Å². The van der Waals surface area contributed by atoms with Crippen LogP contribution in [0.25, 0.3) is 50.1 Å². The lowest BCUT2D eigenvalue weighted by molar-refractivity contribution is 0.442. The van der Waals surface area contributed by atoms with Gasteiger partial charge in [-0.2, -0.15) is 0 Å². The lowest BCUT2D eigenvalue weighted by atomic mass is 9.81. The Bertz CT molecular complexity index is 2540. The Morgan fingerprint density at radius 3 is 2.02 bits per heavy atom. The number of nitrogens with one attached hydrogen (secondary N) is 2. The van der Waals surface area contributed by atoms with Crippen molar-refractivity contribution in [2.75, 3.05) is 0 Å². The molecule has 7 aromatic rings. The quantitative estimate of drug-likeness (QED) is 0.193. The highest BCUT2D eigenvalue weighted by molar-refractivity contribution is 5.92. The first-order valence-electron chi connectivity index (χ1n) is 17.7. The molecule has 0 saturated carbocycles. The van der Waals surface area contributed by atoms with Crippen molar-refractivity contribution in [3.63, 3.8) is 0 Å². The minimum Gasteiger partial charge on any atom is -0.366 e. The third kappa shape index (κ3) is 5.07. The SMILES string of the molecule is Cn1c(=O)n(C)c2cc(-c3ccc(C4=CC(c5ccc6c(c5)C(C)(C)c5cccc(-c7ccccc7)c5-6)NC(c5ccccc5)N4)cc3)ccc21. The van der Waals surface area contributed by atoms with Crippen LogP contribution in [-0.2, 0) is 19.5 Å². The lowest BCUT2D eigenvalue weighted by Crippen LogP contribution is -2.39. The number of rotatable bonds is 5. The van der Waals surface area contributed by atoms with Gasteiger partial charge in [0.05, 0.1) is 17.1 Å². The van der Waals surface area contributed by atoms with Crippen molar-refractivity contribution in [3.05, 3.63) is 184 Å². The van der Waals surface area contributed by atoms with Gasteiger partial charge in [0, 0.05) is 25.2 Å². The number of hydrogen-bond acceptors (Lipinski definition) is 3. The van der Waals surface area contributed by atoms with Crippen LogP contribution < -0.4 is 16.3 Å². The van der Waals surface area contributed by atoms with E-state index in [9.17, 15) is 4.79 Å². The van der Waals surface area contributed by atoms with E-state index in [1.807, 2.05) is 20.2 Å². The lowest BCUT2D eigenvalue weighted by Gasteiger charge is -2.33. The molecule has 1 aliphatic carbocycles. The molecule has 9 rings (SSSR count). The third-order valence-electron chi connectivity index (χ3n) is 11.1. The van der Waals surface area contributed by atoms with Crippen LogP contribution in [0.2, 0.25) is 0 Å². The minimum absolute atomic E-state index is 0.00804. The van der Waals surface area contributed by atoms with E-state index in [0.717, 1.165) is 33.4 Å². The largest absolute Gasteiger partial charge is 0.366 e. The first-order chi connectivity index (χ1) is 24.8. The predicted molar refractivity (Wildman–Crippen MR) is 209 cm³/mol. The molecule has 0 amide bonds. The molecule has 0 spiro atoms. The van der Waals surface area contributed by atoms with Gasteiger partial charge in [0.15, 0.2) is 0 Å². The highest BCUT2D eigenvalue weighted by Gasteiger charge is 2.37. The molecule has 5 heteroatoms. The van der Waals surface area contributed by atoms with Gasteiger partial charge in [0.25, 0.3) is 0 Å². The predicted octanol–water partition coefficient (Wildman–Crippen LogP) is 9.49. The molecule has 0 bridgehead atoms. The fraction of sp³-hybridized carbons (Fsp3) is 0.152. The first-order valence-corrected chi connectivity index (χ1v) is 17.7. The summed E-state index contributed by atoms with van der Waals surface area (Å²) < 4.78 is 3.40. The monoisotopic (exact) mass is 664 g/mol. The van der Waals surface area contributed by atoms with E-state index in [4.69, 9.17) is 0 Å². The molecule has 0 radical (unpaired) electrons. The van der Waals surface area contributed by atoms with Crippen molar-refractivity contribution in [3.8, 4) is 33.4 Å². The van der Waals surface area contributed by atoms with Gasteiger partial charge >= 0.3 is 5.69 Å². The Morgan fingerprint density at radius 1 is 0.569 bits per heavy atom. The van der Waals surface area contributed by atoms with E-state index in [0.29, 0.717) is 0 Å². The normalized spacial score (nSPS) is 17.5. The number of aryl methyl sites for hydroxylation is 2. The van der Waals surface area contributed by atoms with E-state index < -0.39 is 0 Å². The summed E-state index contributed by atoms with van der Waals surface area (Å²) in [6.07, 6.45) is 2.26. The molecule has 5 nitrogen and oxygen atoms in total. The van der Waals surface area contributed by atoms with Gasteiger partial charge in [-0.1, -0.05) is 141 Å². The average Bonchev–Trinajstić information content (AvgIpc) is 3.55. The van der Waals surface area contributed by atoms with Crippen molar-refractivity contribution in [1.29, 1.82) is 0 Å². The molecule has 51 heavy (non-hydrogen) atoms. The van der Waals surface area contributed by atoms with E-state index in [2.05, 4.69) is 164 Å². The van der Waals surface area contributed by atoms with Crippen molar-refractivity contribution in [2.45, 2.75) is 31.5 Å². The zero-order valence-electron chi connectivity index (χ0n) is 29.3. The fourth-order valence-corrected chi connectivity index (χ4v) is 8.22. The standard InChI is InChI=1S/C46H40N4O/c1-46(2)37-17-11-16-35(30-12-7-5-8-13-30)43(37)36-24-22-34(26-38(36)46)40-28-39(47-44(48-40)32-14-9-6-10-15-32)31-20-18-29(19-21-31)33-23-25-41-42(27-33)50(4)45(51)49(41)3/h5-28,40,44,47-48H,1-4H3. The Labute approximate surface area is 298 Å². The summed E-state index contributed by atoms with van der Waals surface area (Å²) in [6, 6.07) is 50.2. The van der Waals surface area contributed by atoms with Crippen LogP contribution in [-0.4, -0.2) is 9.13 Å². The topological polar surface area (TPSA) is 51.0 Å². The number of aromatic nitrogens is 2. The molecule has 2 aliphatic rings. The molecular weight excluding hydrogens is 625 g/mol. The number of hydrogen-bond donors (Lipinski definition) is 2. The maximum absolute atomic E-state index is 12.5. The molecule has 2 atom stereocenters. The van der Waals surface area contributed by atoms with Crippen LogP contribution in [0.3, 0.4) is 0 Å². The zero-order chi connectivity index (χ0) is 34.9. The number of benzene rings is 6. The molecule has 0 saturated heterocycles. The summed E-state index contributed by atoms with van der Waals surface area (Å²) >= 11 is 0. The molecule has 2 N–H and O–H groups in total. The second-order valence-electron chi connectivity index (χ2n) is 14.4. The molecule has 1 aliphatic heterocycles. The summed E-state index contributed by atoms with van der Waals surface area (Å²) in [6.45, 7) is 4.72. The van der Waals surface area contributed by atoms with E-state index >= 15 is 0 Å². The maximum atomic E-state index is 12.5. The molecule has 1 aromatic heterocycles. The average molecular weight is 665 g/mol. The van der Waals surface area contributed by atoms with Gasteiger partial charge in [-0.05, 0) is 79.4 Å². The van der Waals surface area contributed by atoms with Crippen LogP contribution in [0, 0.1) is 0 Å². The Hall–Kier alpha value is -5.91. The van der Waals surface area contributed by atoms with E-state index in [1.165, 1.54) is 44.5 Å². The zero-order valence-corrected chi connectivity index (χ0v) is 29.3. The molecule has 0 fully saturated rings. The molecule has 6 aromatic carbocycles. The first kappa shape index (κ1) is 31.1. The van der Waals surface area contributed by atoms with Crippen molar-refractivity contribution in [1.82, 2.24) is 19.8 Å². The Balaban J connectivity index is 1.10. The van der Waals surface area contributed by atoms with Crippen LogP contribution in [0.5, 0.6) is 0 Å². The highest BCUT2D eigenvalue weighted by Crippen LogP contribution is 2.52. The third-order valence-corrected chi connectivity index (χ3v) is 11.1. The fourth-order valence-electron chi connectivity index (χ4n) is 8.22. The van der Waals surface area contributed by atoms with Crippen molar-refractivity contribution >= 4 is 16.7 Å². The van der Waals surface area contributed by atoms with Crippen LogP contribution >= 0.6 is 0 Å². The minimum atomic E-state index is -0.130. The molecule has 2 heterocycles. The number of nitrogens with zero attached hydrogens (tertiary/aromatic N) is 2. The summed E-state index contributed by atoms with van der Waals surface area (Å²) in [5, 5.41) is 7.71. The maximum Gasteiger partial charge on any atom is 0.328 e. The second kappa shape index (κ2) is 11.9. The van der Waals surface area contributed by atoms with Crippen molar-refractivity contribution in [2.24, 2.45) is 14.1 Å². The Morgan fingerprint density at radius 2 is 1.25 bits per heavy atom. The number of imidazole rings is 1. The van der Waals surface area contributed by atoms with E-state index in [1.54, 1.807) is 9.13 Å². The second-order valence-corrected chi connectivity index (χ2v) is 14.4. The summed E-state index contributed by atoms with van der Waals surface area (Å²) in [7, 11) is 3.65. The van der Waals surface area contributed by atoms with Gasteiger partial charge in [-0.25, -0.2) is 4.79 Å². The summed E-state index contributed by atoms with van der Waals surface area (Å²) in [5.74, 6) is 0. The van der Waals surface area contributed by atoms with Gasteiger partial charge in [0.2, 0.25) is 0 Å². The van der Waals surface area contributed by atoms with E-state index in [-0.39, 0.29) is 23.3 Å². The Kier molecular flexibility index (Phi) is 7.23.